The number of Topliss-reactive ketones (excluding diaryl/α,β-unsaturated/α-hetero) is 1. The summed E-state index contributed by atoms with van der Waals surface area (Å²) in [6.07, 6.45) is 0.713. The van der Waals surface area contributed by atoms with E-state index >= 15 is 0 Å². The zero-order chi connectivity index (χ0) is 15.8. The molecule has 5 nitrogen and oxygen atoms in total. The molecule has 1 aromatic rings. The summed E-state index contributed by atoms with van der Waals surface area (Å²) in [6.45, 7) is 2.52. The molecule has 0 aliphatic rings. The van der Waals surface area contributed by atoms with Crippen molar-refractivity contribution in [2.45, 2.75) is 25.8 Å². The number of nitrogens with one attached hydrogen (secondary N) is 1. The number of ether oxygens (including phenoxy) is 2. The van der Waals surface area contributed by atoms with Crippen LogP contribution in [0.2, 0.25) is 0 Å². The van der Waals surface area contributed by atoms with Crippen LogP contribution in [0, 0.1) is 5.82 Å². The number of hydrogen-bond donors (Lipinski definition) is 1. The Balaban J connectivity index is 2.92. The number of carbonyl (C=O) groups excluding carboxylic acids is 2. The van der Waals surface area contributed by atoms with Crippen LogP contribution in [0.25, 0.3) is 0 Å². The second kappa shape index (κ2) is 8.36. The molecule has 0 fully saturated rings. The first-order valence-corrected chi connectivity index (χ1v) is 6.71. The standard InChI is InChI=1S/C15H20FNO4/c1-4-7-17-12(9-14(18)21-3)15(19)10-5-6-13(20-2)11(16)8-10/h5-6,8,12,17H,4,7,9H2,1-3H3. The highest BCUT2D eigenvalue weighted by molar-refractivity contribution is 6.01. The van der Waals surface area contributed by atoms with Crippen LogP contribution in [0.4, 0.5) is 4.39 Å². The van der Waals surface area contributed by atoms with Crippen LogP contribution in [-0.2, 0) is 9.53 Å². The molecular weight excluding hydrogens is 277 g/mol. The molecule has 0 saturated carbocycles. The van der Waals surface area contributed by atoms with Crippen LogP contribution in [0.3, 0.4) is 0 Å². The van der Waals surface area contributed by atoms with E-state index in [1.165, 1.54) is 26.4 Å². The summed E-state index contributed by atoms with van der Waals surface area (Å²) in [6, 6.07) is 3.24. The molecule has 116 valence electrons. The van der Waals surface area contributed by atoms with Gasteiger partial charge in [0.25, 0.3) is 0 Å². The van der Waals surface area contributed by atoms with Gasteiger partial charge in [0.15, 0.2) is 17.3 Å². The maximum Gasteiger partial charge on any atom is 0.307 e. The number of esters is 1. The van der Waals surface area contributed by atoms with Crippen molar-refractivity contribution < 1.29 is 23.5 Å². The van der Waals surface area contributed by atoms with E-state index in [1.807, 2.05) is 6.92 Å². The van der Waals surface area contributed by atoms with Crippen LogP contribution in [0.1, 0.15) is 30.1 Å². The molecule has 0 spiro atoms. The van der Waals surface area contributed by atoms with Gasteiger partial charge in [-0.1, -0.05) is 6.92 Å². The molecule has 0 aromatic heterocycles. The molecular formula is C15H20FNO4. The highest BCUT2D eigenvalue weighted by Crippen LogP contribution is 2.19. The summed E-state index contributed by atoms with van der Waals surface area (Å²) >= 11 is 0. The molecule has 1 aromatic carbocycles. The van der Waals surface area contributed by atoms with Crippen LogP contribution < -0.4 is 10.1 Å². The van der Waals surface area contributed by atoms with E-state index in [-0.39, 0.29) is 23.5 Å². The topological polar surface area (TPSA) is 64.6 Å². The van der Waals surface area contributed by atoms with Gasteiger partial charge >= 0.3 is 5.97 Å². The summed E-state index contributed by atoms with van der Waals surface area (Å²) in [5, 5.41) is 2.98. The Bertz CT molecular complexity index is 504. The Morgan fingerprint density at radius 1 is 1.33 bits per heavy atom. The normalized spacial score (nSPS) is 11.8. The van der Waals surface area contributed by atoms with Crippen LogP contribution >= 0.6 is 0 Å². The van der Waals surface area contributed by atoms with E-state index in [2.05, 4.69) is 10.1 Å². The minimum Gasteiger partial charge on any atom is -0.494 e. The second-order valence-corrected chi connectivity index (χ2v) is 4.50. The zero-order valence-electron chi connectivity index (χ0n) is 12.4. The van der Waals surface area contributed by atoms with E-state index in [0.29, 0.717) is 6.54 Å². The SMILES string of the molecule is CCCNC(CC(=O)OC)C(=O)c1ccc(OC)c(F)c1. The fraction of sp³-hybridized carbons (Fsp3) is 0.467. The number of benzene rings is 1. The van der Waals surface area contributed by atoms with Gasteiger partial charge in [-0.05, 0) is 31.2 Å². The fourth-order valence-electron chi connectivity index (χ4n) is 1.85. The number of rotatable bonds is 8. The Labute approximate surface area is 123 Å². The third-order valence-electron chi connectivity index (χ3n) is 2.99. The molecule has 0 bridgehead atoms. The molecule has 0 heterocycles. The van der Waals surface area contributed by atoms with Gasteiger partial charge in [0.05, 0.1) is 26.7 Å². The van der Waals surface area contributed by atoms with Crippen molar-refractivity contribution in [3.05, 3.63) is 29.6 Å². The number of methoxy groups -OCH3 is 2. The minimum absolute atomic E-state index is 0.0672. The van der Waals surface area contributed by atoms with Crippen molar-refractivity contribution in [1.82, 2.24) is 5.32 Å². The van der Waals surface area contributed by atoms with Crippen molar-refractivity contribution in [1.29, 1.82) is 0 Å². The Kier molecular flexibility index (Phi) is 6.81. The van der Waals surface area contributed by atoms with E-state index in [1.54, 1.807) is 0 Å². The first-order valence-electron chi connectivity index (χ1n) is 6.71. The average Bonchev–Trinajstić information content (AvgIpc) is 2.50. The lowest BCUT2D eigenvalue weighted by Crippen LogP contribution is -2.39. The molecule has 21 heavy (non-hydrogen) atoms. The maximum atomic E-state index is 13.7. The minimum atomic E-state index is -0.731. The molecule has 1 N–H and O–H groups in total. The molecule has 0 radical (unpaired) electrons. The van der Waals surface area contributed by atoms with Gasteiger partial charge in [0.1, 0.15) is 0 Å². The largest absolute Gasteiger partial charge is 0.494 e. The summed E-state index contributed by atoms with van der Waals surface area (Å²) in [5.74, 6) is -1.39. The summed E-state index contributed by atoms with van der Waals surface area (Å²) in [4.78, 5) is 23.8. The number of ketones is 1. The summed E-state index contributed by atoms with van der Waals surface area (Å²) in [5.41, 5.74) is 0.186. The molecule has 0 saturated heterocycles. The van der Waals surface area contributed by atoms with E-state index < -0.39 is 17.8 Å². The third-order valence-corrected chi connectivity index (χ3v) is 2.99. The van der Waals surface area contributed by atoms with Crippen molar-refractivity contribution in [3.8, 4) is 5.75 Å². The lowest BCUT2D eigenvalue weighted by molar-refractivity contribution is -0.140. The average molecular weight is 297 g/mol. The van der Waals surface area contributed by atoms with E-state index in [4.69, 9.17) is 4.74 Å². The Hall–Kier alpha value is -1.95. The molecule has 0 aliphatic heterocycles. The Morgan fingerprint density at radius 2 is 2.05 bits per heavy atom. The molecule has 0 amide bonds. The highest BCUT2D eigenvalue weighted by Gasteiger charge is 2.23. The van der Waals surface area contributed by atoms with Gasteiger partial charge < -0.3 is 14.8 Å². The van der Waals surface area contributed by atoms with Crippen molar-refractivity contribution in [2.75, 3.05) is 20.8 Å². The van der Waals surface area contributed by atoms with Gasteiger partial charge in [-0.3, -0.25) is 9.59 Å². The monoisotopic (exact) mass is 297 g/mol. The van der Waals surface area contributed by atoms with Gasteiger partial charge in [-0.25, -0.2) is 4.39 Å². The number of hydrogen-bond acceptors (Lipinski definition) is 5. The van der Waals surface area contributed by atoms with Gasteiger partial charge in [0, 0.05) is 5.56 Å². The van der Waals surface area contributed by atoms with Gasteiger partial charge in [-0.2, -0.15) is 0 Å². The smallest absolute Gasteiger partial charge is 0.307 e. The van der Waals surface area contributed by atoms with Gasteiger partial charge in [0.2, 0.25) is 0 Å². The van der Waals surface area contributed by atoms with E-state index in [9.17, 15) is 14.0 Å². The number of halogens is 1. The Morgan fingerprint density at radius 3 is 2.57 bits per heavy atom. The predicted molar refractivity (Wildman–Crippen MR) is 76.0 cm³/mol. The maximum absolute atomic E-state index is 13.7. The molecule has 1 rings (SSSR count). The van der Waals surface area contributed by atoms with Crippen molar-refractivity contribution in [3.63, 3.8) is 0 Å². The van der Waals surface area contributed by atoms with Gasteiger partial charge in [-0.15, -0.1) is 0 Å². The van der Waals surface area contributed by atoms with Crippen LogP contribution in [-0.4, -0.2) is 38.6 Å². The van der Waals surface area contributed by atoms with Crippen molar-refractivity contribution >= 4 is 11.8 Å². The van der Waals surface area contributed by atoms with Crippen LogP contribution in [0.15, 0.2) is 18.2 Å². The first kappa shape index (κ1) is 17.1. The molecule has 0 aliphatic carbocycles. The quantitative estimate of drug-likeness (QED) is 0.587. The summed E-state index contributed by atoms with van der Waals surface area (Å²) in [7, 11) is 2.61. The van der Waals surface area contributed by atoms with Crippen LogP contribution in [0.5, 0.6) is 5.75 Å². The zero-order valence-corrected chi connectivity index (χ0v) is 12.4. The predicted octanol–water partition coefficient (Wildman–Crippen LogP) is 1.95. The summed E-state index contributed by atoms with van der Waals surface area (Å²) < 4.78 is 23.1. The lowest BCUT2D eigenvalue weighted by Gasteiger charge is -2.16. The second-order valence-electron chi connectivity index (χ2n) is 4.50. The van der Waals surface area contributed by atoms with Crippen molar-refractivity contribution in [2.24, 2.45) is 0 Å². The van der Waals surface area contributed by atoms with E-state index in [0.717, 1.165) is 12.5 Å². The third kappa shape index (κ3) is 4.82. The fourth-order valence-corrected chi connectivity index (χ4v) is 1.85. The first-order chi connectivity index (χ1) is 10.0. The molecule has 1 unspecified atom stereocenters. The highest BCUT2D eigenvalue weighted by atomic mass is 19.1. The molecule has 1 atom stereocenters. The lowest BCUT2D eigenvalue weighted by atomic mass is 10.0. The number of carbonyl (C=O) groups is 2. The molecule has 6 heteroatoms.